The fraction of sp³-hybridized carbons (Fsp3) is 0.235. The molecule has 1 aliphatic rings. The standard InChI is InChI=1S/C34H31BrF2N2O4/c35-27-11-7-25(8-12-27)31-34(22-23-5-2-1-3-6-23,33(41)38-16-15-24-19-28(36)21-29(37)20-24)39-32(43-31)26-9-13-30(14-10-26)42-18-4-17-40/h1-3,5-14,19-21,31,40H,4,15-18,22H2,(H,38,41)/t31-,34-/m1/s1. The largest absolute Gasteiger partial charge is 0.494 e. The minimum Gasteiger partial charge on any atom is -0.494 e. The van der Waals surface area contributed by atoms with Gasteiger partial charge < -0.3 is 19.9 Å². The maximum Gasteiger partial charge on any atom is 0.252 e. The van der Waals surface area contributed by atoms with Crippen LogP contribution in [0.5, 0.6) is 5.75 Å². The number of halogens is 3. The zero-order valence-corrected chi connectivity index (χ0v) is 24.9. The molecule has 2 N–H and O–H groups in total. The number of nitrogens with one attached hydrogen (secondary N) is 1. The van der Waals surface area contributed by atoms with E-state index in [2.05, 4.69) is 21.2 Å². The number of nitrogens with zero attached hydrogens (tertiary/aromatic N) is 1. The Morgan fingerprint density at radius 2 is 1.65 bits per heavy atom. The number of aliphatic imine (C=N–C) groups is 1. The van der Waals surface area contributed by atoms with Crippen LogP contribution in [0.25, 0.3) is 0 Å². The van der Waals surface area contributed by atoms with Crippen LogP contribution in [-0.2, 0) is 22.4 Å². The summed E-state index contributed by atoms with van der Waals surface area (Å²) in [6, 6.07) is 27.7. The molecule has 222 valence electrons. The highest BCUT2D eigenvalue weighted by Gasteiger charge is 2.53. The molecule has 0 fully saturated rings. The van der Waals surface area contributed by atoms with Gasteiger partial charge in [0.15, 0.2) is 11.6 Å². The van der Waals surface area contributed by atoms with Crippen molar-refractivity contribution in [1.29, 1.82) is 0 Å². The van der Waals surface area contributed by atoms with Crippen molar-refractivity contribution in [2.45, 2.75) is 30.9 Å². The maximum atomic E-state index is 14.2. The number of carbonyl (C=O) groups excluding carboxylic acids is 1. The lowest BCUT2D eigenvalue weighted by Crippen LogP contribution is -2.50. The molecule has 2 atom stereocenters. The highest BCUT2D eigenvalue weighted by molar-refractivity contribution is 9.10. The van der Waals surface area contributed by atoms with E-state index in [4.69, 9.17) is 19.6 Å². The fourth-order valence-corrected chi connectivity index (χ4v) is 5.32. The monoisotopic (exact) mass is 648 g/mol. The van der Waals surface area contributed by atoms with E-state index in [0.29, 0.717) is 35.8 Å². The summed E-state index contributed by atoms with van der Waals surface area (Å²) in [5.74, 6) is -0.739. The van der Waals surface area contributed by atoms with Gasteiger partial charge in [0.25, 0.3) is 5.91 Å². The van der Waals surface area contributed by atoms with Crippen molar-refractivity contribution in [2.75, 3.05) is 19.8 Å². The quantitative estimate of drug-likeness (QED) is 0.176. The second-order valence-electron chi connectivity index (χ2n) is 10.3. The van der Waals surface area contributed by atoms with Crippen molar-refractivity contribution in [3.05, 3.63) is 135 Å². The number of amides is 1. The van der Waals surface area contributed by atoms with Crippen molar-refractivity contribution < 1.29 is 28.2 Å². The second kappa shape index (κ2) is 13.9. The number of hydrogen-bond acceptors (Lipinski definition) is 5. The highest BCUT2D eigenvalue weighted by atomic mass is 79.9. The summed E-state index contributed by atoms with van der Waals surface area (Å²) in [6.45, 7) is 0.586. The van der Waals surface area contributed by atoms with E-state index in [-0.39, 0.29) is 31.9 Å². The van der Waals surface area contributed by atoms with E-state index in [1.807, 2.05) is 66.7 Å². The normalized spacial score (nSPS) is 17.7. The number of rotatable bonds is 12. The van der Waals surface area contributed by atoms with E-state index in [1.165, 1.54) is 12.1 Å². The molecular weight excluding hydrogens is 618 g/mol. The van der Waals surface area contributed by atoms with Gasteiger partial charge in [0, 0.05) is 42.1 Å². The van der Waals surface area contributed by atoms with Crippen LogP contribution in [0.15, 0.2) is 107 Å². The predicted molar refractivity (Wildman–Crippen MR) is 164 cm³/mol. The lowest BCUT2D eigenvalue weighted by Gasteiger charge is -2.31. The maximum absolute atomic E-state index is 14.2. The average molecular weight is 650 g/mol. The van der Waals surface area contributed by atoms with Gasteiger partial charge in [0.1, 0.15) is 17.4 Å². The highest BCUT2D eigenvalue weighted by Crippen LogP contribution is 2.42. The van der Waals surface area contributed by atoms with Crippen LogP contribution in [0.1, 0.15) is 34.8 Å². The molecule has 1 amide bonds. The first-order chi connectivity index (χ1) is 20.9. The van der Waals surface area contributed by atoms with Crippen molar-refractivity contribution in [3.63, 3.8) is 0 Å². The number of ether oxygens (including phenoxy) is 2. The fourth-order valence-electron chi connectivity index (χ4n) is 5.06. The Morgan fingerprint density at radius 1 is 0.953 bits per heavy atom. The van der Waals surface area contributed by atoms with E-state index in [0.717, 1.165) is 21.7 Å². The van der Waals surface area contributed by atoms with E-state index in [9.17, 15) is 13.6 Å². The van der Waals surface area contributed by atoms with Gasteiger partial charge in [0.05, 0.1) is 6.61 Å². The molecular formula is C34H31BrF2N2O4. The van der Waals surface area contributed by atoms with Crippen LogP contribution in [0, 0.1) is 11.6 Å². The SMILES string of the molecule is O=C(NCCc1cc(F)cc(F)c1)[C@]1(Cc2ccccc2)N=C(c2ccc(OCCCO)cc2)O[C@@H]1c1ccc(Br)cc1. The first-order valence-corrected chi connectivity index (χ1v) is 14.8. The molecule has 0 saturated heterocycles. The molecule has 1 aliphatic heterocycles. The van der Waals surface area contributed by atoms with E-state index in [1.54, 1.807) is 12.1 Å². The Bertz CT molecular complexity index is 1550. The summed E-state index contributed by atoms with van der Waals surface area (Å²) in [5.41, 5.74) is 1.40. The van der Waals surface area contributed by atoms with Crippen LogP contribution in [0.4, 0.5) is 8.78 Å². The van der Waals surface area contributed by atoms with Crippen LogP contribution >= 0.6 is 15.9 Å². The van der Waals surface area contributed by atoms with Crippen molar-refractivity contribution in [1.82, 2.24) is 5.32 Å². The molecule has 0 unspecified atom stereocenters. The molecule has 4 aromatic carbocycles. The van der Waals surface area contributed by atoms with Gasteiger partial charge in [-0.1, -0.05) is 58.4 Å². The second-order valence-corrected chi connectivity index (χ2v) is 11.2. The van der Waals surface area contributed by atoms with Gasteiger partial charge in [-0.2, -0.15) is 0 Å². The van der Waals surface area contributed by atoms with Crippen molar-refractivity contribution >= 4 is 27.7 Å². The Balaban J connectivity index is 1.49. The van der Waals surface area contributed by atoms with Gasteiger partial charge in [-0.05, 0) is 71.6 Å². The molecule has 0 saturated carbocycles. The predicted octanol–water partition coefficient (Wildman–Crippen LogP) is 6.35. The summed E-state index contributed by atoms with van der Waals surface area (Å²) in [5, 5.41) is 12.0. The third-order valence-electron chi connectivity index (χ3n) is 7.14. The lowest BCUT2D eigenvalue weighted by molar-refractivity contribution is -0.128. The first-order valence-electron chi connectivity index (χ1n) is 14.0. The Morgan fingerprint density at radius 3 is 2.33 bits per heavy atom. The summed E-state index contributed by atoms with van der Waals surface area (Å²) in [4.78, 5) is 19.2. The molecule has 0 aromatic heterocycles. The van der Waals surface area contributed by atoms with Crippen molar-refractivity contribution in [3.8, 4) is 5.75 Å². The van der Waals surface area contributed by atoms with Crippen LogP contribution < -0.4 is 10.1 Å². The molecule has 0 bridgehead atoms. The molecule has 0 radical (unpaired) electrons. The topological polar surface area (TPSA) is 80.2 Å². The molecule has 4 aromatic rings. The summed E-state index contributed by atoms with van der Waals surface area (Å²) >= 11 is 3.48. The van der Waals surface area contributed by atoms with Gasteiger partial charge in [0.2, 0.25) is 5.90 Å². The average Bonchev–Trinajstić information content (AvgIpc) is 3.38. The van der Waals surface area contributed by atoms with Gasteiger partial charge in [-0.15, -0.1) is 0 Å². The summed E-state index contributed by atoms with van der Waals surface area (Å²) in [7, 11) is 0. The molecule has 1 heterocycles. The number of aliphatic hydroxyl groups is 1. The van der Waals surface area contributed by atoms with E-state index < -0.39 is 23.3 Å². The van der Waals surface area contributed by atoms with Gasteiger partial charge in [-0.25, -0.2) is 13.8 Å². The summed E-state index contributed by atoms with van der Waals surface area (Å²) < 4.78 is 40.6. The number of carbonyl (C=O) groups is 1. The zero-order valence-electron chi connectivity index (χ0n) is 23.3. The molecule has 0 spiro atoms. The molecule has 0 aliphatic carbocycles. The minimum absolute atomic E-state index is 0.0465. The lowest BCUT2D eigenvalue weighted by atomic mass is 9.82. The third kappa shape index (κ3) is 7.47. The Labute approximate surface area is 257 Å². The van der Waals surface area contributed by atoms with Crippen LogP contribution in [0.3, 0.4) is 0 Å². The smallest absolute Gasteiger partial charge is 0.252 e. The molecule has 5 rings (SSSR count). The molecule has 43 heavy (non-hydrogen) atoms. The number of hydrogen-bond donors (Lipinski definition) is 2. The molecule has 6 nitrogen and oxygen atoms in total. The third-order valence-corrected chi connectivity index (χ3v) is 7.67. The molecule has 9 heteroatoms. The van der Waals surface area contributed by atoms with Crippen LogP contribution in [0.2, 0.25) is 0 Å². The Kier molecular flexibility index (Phi) is 9.84. The minimum atomic E-state index is -1.38. The van der Waals surface area contributed by atoms with Gasteiger partial charge in [-0.3, -0.25) is 4.79 Å². The first kappa shape index (κ1) is 30.4. The van der Waals surface area contributed by atoms with Crippen LogP contribution in [-0.4, -0.2) is 42.2 Å². The van der Waals surface area contributed by atoms with Crippen molar-refractivity contribution in [2.24, 2.45) is 4.99 Å². The van der Waals surface area contributed by atoms with E-state index >= 15 is 0 Å². The Hall–Kier alpha value is -4.08. The van der Waals surface area contributed by atoms with Gasteiger partial charge >= 0.3 is 0 Å². The summed E-state index contributed by atoms with van der Waals surface area (Å²) in [6.07, 6.45) is 0.251. The zero-order chi connectivity index (χ0) is 30.2. The number of aliphatic hydroxyl groups excluding tert-OH is 1. The number of benzene rings is 4.